The Balaban J connectivity index is 4.21. The molecule has 0 aromatic heterocycles. The molecule has 2 N–H and O–H groups in total. The summed E-state index contributed by atoms with van der Waals surface area (Å²) in [5.41, 5.74) is 0. The van der Waals surface area contributed by atoms with E-state index in [9.17, 15) is 9.59 Å². The van der Waals surface area contributed by atoms with Gasteiger partial charge in [-0.15, -0.1) is 0 Å². The minimum atomic E-state index is -0.300. The largest absolute Gasteiger partial charge is 0.462 e. The molecule has 0 aliphatic heterocycles. The second-order valence-electron chi connectivity index (χ2n) is 10.3. The molecule has 0 aliphatic carbocycles. The van der Waals surface area contributed by atoms with Crippen LogP contribution in [0.2, 0.25) is 0 Å². The first-order chi connectivity index (χ1) is 17.1. The van der Waals surface area contributed by atoms with Crippen LogP contribution in [0.1, 0.15) is 162 Å². The normalized spacial score (nSPS) is 12.0. The molecule has 1 atom stereocenters. The molecule has 0 saturated heterocycles. The van der Waals surface area contributed by atoms with Gasteiger partial charge in [-0.25, -0.2) is 0 Å². The maximum Gasteiger partial charge on any atom is 0.306 e. The van der Waals surface area contributed by atoms with Gasteiger partial charge in [0, 0.05) is 19.6 Å². The van der Waals surface area contributed by atoms with Crippen LogP contribution >= 0.6 is 0 Å². The fraction of sp³-hybridized carbons (Fsp3) is 0.933. The van der Waals surface area contributed by atoms with Crippen molar-refractivity contribution in [3.8, 4) is 0 Å². The second kappa shape index (κ2) is 27.5. The second-order valence-corrected chi connectivity index (χ2v) is 10.3. The smallest absolute Gasteiger partial charge is 0.306 e. The number of ether oxygens (including phenoxy) is 1. The van der Waals surface area contributed by atoms with Gasteiger partial charge in [0.25, 0.3) is 0 Å². The SMILES string of the molecule is CCCCCCCCCCC[C@H](CC(=O)NCCCCCCO)OC(=O)CCCCCCCCC. The summed E-state index contributed by atoms with van der Waals surface area (Å²) in [7, 11) is 0. The molecule has 208 valence electrons. The van der Waals surface area contributed by atoms with Gasteiger partial charge in [0.05, 0.1) is 6.42 Å². The number of unbranched alkanes of at least 4 members (excludes halogenated alkanes) is 17. The first-order valence-electron chi connectivity index (χ1n) is 15.2. The van der Waals surface area contributed by atoms with Crippen molar-refractivity contribution in [1.82, 2.24) is 5.32 Å². The molecule has 0 heterocycles. The van der Waals surface area contributed by atoms with E-state index in [-0.39, 0.29) is 31.0 Å². The maximum atomic E-state index is 12.4. The summed E-state index contributed by atoms with van der Waals surface area (Å²) in [5.74, 6) is -0.159. The Morgan fingerprint density at radius 1 is 0.657 bits per heavy atom. The minimum absolute atomic E-state index is 0.0168. The van der Waals surface area contributed by atoms with Crippen LogP contribution in [-0.2, 0) is 14.3 Å². The van der Waals surface area contributed by atoms with Crippen molar-refractivity contribution in [2.45, 2.75) is 168 Å². The molecule has 0 radical (unpaired) electrons. The molecule has 0 saturated carbocycles. The zero-order chi connectivity index (χ0) is 25.8. The van der Waals surface area contributed by atoms with Crippen molar-refractivity contribution >= 4 is 11.9 Å². The van der Waals surface area contributed by atoms with E-state index >= 15 is 0 Å². The third-order valence-corrected chi connectivity index (χ3v) is 6.73. The van der Waals surface area contributed by atoms with Crippen molar-refractivity contribution in [3.05, 3.63) is 0 Å². The highest BCUT2D eigenvalue weighted by Gasteiger charge is 2.18. The van der Waals surface area contributed by atoms with E-state index in [1.807, 2.05) is 0 Å². The number of amides is 1. The number of aliphatic hydroxyl groups excluding tert-OH is 1. The number of carbonyl (C=O) groups is 2. The third kappa shape index (κ3) is 25.8. The van der Waals surface area contributed by atoms with E-state index < -0.39 is 0 Å². The Hall–Kier alpha value is -1.10. The van der Waals surface area contributed by atoms with Gasteiger partial charge in [-0.05, 0) is 32.1 Å². The summed E-state index contributed by atoms with van der Waals surface area (Å²) < 4.78 is 5.77. The number of hydrogen-bond donors (Lipinski definition) is 2. The zero-order valence-electron chi connectivity index (χ0n) is 23.4. The first-order valence-corrected chi connectivity index (χ1v) is 15.2. The first kappa shape index (κ1) is 33.9. The van der Waals surface area contributed by atoms with Crippen LogP contribution in [0.3, 0.4) is 0 Å². The van der Waals surface area contributed by atoms with Gasteiger partial charge in [-0.2, -0.15) is 0 Å². The van der Waals surface area contributed by atoms with Gasteiger partial charge in [0.1, 0.15) is 6.10 Å². The molecule has 35 heavy (non-hydrogen) atoms. The number of esters is 1. The molecule has 0 spiro atoms. The minimum Gasteiger partial charge on any atom is -0.462 e. The lowest BCUT2D eigenvalue weighted by molar-refractivity contribution is -0.151. The Labute approximate surface area is 217 Å². The highest BCUT2D eigenvalue weighted by Crippen LogP contribution is 2.16. The van der Waals surface area contributed by atoms with Crippen molar-refractivity contribution in [1.29, 1.82) is 0 Å². The number of hydrogen-bond acceptors (Lipinski definition) is 4. The average Bonchev–Trinajstić information content (AvgIpc) is 2.84. The van der Waals surface area contributed by atoms with Crippen LogP contribution in [0.15, 0.2) is 0 Å². The number of carbonyl (C=O) groups excluding carboxylic acids is 2. The fourth-order valence-electron chi connectivity index (χ4n) is 4.45. The van der Waals surface area contributed by atoms with Crippen molar-refractivity contribution < 1.29 is 19.4 Å². The van der Waals surface area contributed by atoms with Crippen molar-refractivity contribution in [3.63, 3.8) is 0 Å². The summed E-state index contributed by atoms with van der Waals surface area (Å²) in [6, 6.07) is 0. The lowest BCUT2D eigenvalue weighted by Crippen LogP contribution is -2.30. The Kier molecular flexibility index (Phi) is 26.6. The molecule has 0 bridgehead atoms. The highest BCUT2D eigenvalue weighted by atomic mass is 16.5. The average molecular weight is 498 g/mol. The van der Waals surface area contributed by atoms with Crippen LogP contribution in [0.5, 0.6) is 0 Å². The summed E-state index contributed by atoms with van der Waals surface area (Å²) in [4.78, 5) is 24.8. The van der Waals surface area contributed by atoms with Gasteiger partial charge >= 0.3 is 5.97 Å². The molecule has 0 aliphatic rings. The number of rotatable bonds is 27. The summed E-state index contributed by atoms with van der Waals surface area (Å²) in [6.45, 7) is 5.36. The third-order valence-electron chi connectivity index (χ3n) is 6.73. The predicted molar refractivity (Wildman–Crippen MR) is 148 cm³/mol. The molecule has 0 aromatic rings. The molecule has 0 fully saturated rings. The van der Waals surface area contributed by atoms with Gasteiger partial charge in [0.15, 0.2) is 0 Å². The van der Waals surface area contributed by atoms with E-state index in [0.29, 0.717) is 13.0 Å². The quantitative estimate of drug-likeness (QED) is 0.0890. The van der Waals surface area contributed by atoms with Crippen molar-refractivity contribution in [2.75, 3.05) is 13.2 Å². The predicted octanol–water partition coefficient (Wildman–Crippen LogP) is 8.02. The highest BCUT2D eigenvalue weighted by molar-refractivity contribution is 5.77. The van der Waals surface area contributed by atoms with E-state index in [2.05, 4.69) is 19.2 Å². The lowest BCUT2D eigenvalue weighted by Gasteiger charge is -2.18. The van der Waals surface area contributed by atoms with Gasteiger partial charge < -0.3 is 15.2 Å². The Bertz CT molecular complexity index is 469. The van der Waals surface area contributed by atoms with Gasteiger partial charge in [-0.1, -0.05) is 117 Å². The van der Waals surface area contributed by atoms with Gasteiger partial charge in [0.2, 0.25) is 5.91 Å². The standard InChI is InChI=1S/C30H59NO4/c1-3-5-7-9-11-12-14-15-19-23-28(27-29(33)31-25-21-17-18-22-26-32)35-30(34)24-20-16-13-10-8-6-4-2/h28,32H,3-27H2,1-2H3,(H,31,33)/t28-/m1/s1. The number of aliphatic hydroxyl groups is 1. The van der Waals surface area contributed by atoms with Crippen LogP contribution in [0.25, 0.3) is 0 Å². The van der Waals surface area contributed by atoms with Crippen LogP contribution < -0.4 is 5.32 Å². The molecule has 5 nitrogen and oxygen atoms in total. The van der Waals surface area contributed by atoms with E-state index in [0.717, 1.165) is 57.8 Å². The summed E-state index contributed by atoms with van der Waals surface area (Å²) >= 11 is 0. The van der Waals surface area contributed by atoms with Gasteiger partial charge in [-0.3, -0.25) is 9.59 Å². The molecule has 0 unspecified atom stereocenters. The lowest BCUT2D eigenvalue weighted by atomic mass is 10.0. The van der Waals surface area contributed by atoms with E-state index in [4.69, 9.17) is 9.84 Å². The fourth-order valence-corrected chi connectivity index (χ4v) is 4.45. The monoisotopic (exact) mass is 497 g/mol. The summed E-state index contributed by atoms with van der Waals surface area (Å²) in [5, 5.41) is 11.8. The Morgan fingerprint density at radius 2 is 1.14 bits per heavy atom. The number of nitrogens with one attached hydrogen (secondary N) is 1. The summed E-state index contributed by atoms with van der Waals surface area (Å²) in [6.07, 6.45) is 24.5. The van der Waals surface area contributed by atoms with Crippen LogP contribution in [0.4, 0.5) is 0 Å². The Morgan fingerprint density at radius 3 is 1.71 bits per heavy atom. The molecule has 1 amide bonds. The maximum absolute atomic E-state index is 12.4. The molecule has 0 aromatic carbocycles. The van der Waals surface area contributed by atoms with E-state index in [1.165, 1.54) is 77.0 Å². The molecule has 0 rings (SSSR count). The van der Waals surface area contributed by atoms with E-state index in [1.54, 1.807) is 0 Å². The van der Waals surface area contributed by atoms with Crippen LogP contribution in [-0.4, -0.2) is 36.2 Å². The van der Waals surface area contributed by atoms with Crippen LogP contribution in [0, 0.1) is 0 Å². The molecular weight excluding hydrogens is 438 g/mol. The topological polar surface area (TPSA) is 75.6 Å². The molecular formula is C30H59NO4. The van der Waals surface area contributed by atoms with Crippen molar-refractivity contribution in [2.24, 2.45) is 0 Å². The molecule has 5 heteroatoms. The zero-order valence-corrected chi connectivity index (χ0v) is 23.4.